The van der Waals surface area contributed by atoms with E-state index in [1.54, 1.807) is 0 Å². The van der Waals surface area contributed by atoms with Crippen molar-refractivity contribution in [1.29, 1.82) is 0 Å². The summed E-state index contributed by atoms with van der Waals surface area (Å²) in [5, 5.41) is 3.23. The number of carbonyl (C=O) groups excluding carboxylic acids is 1. The van der Waals surface area contributed by atoms with Gasteiger partial charge >= 0.3 is 0 Å². The minimum absolute atomic E-state index is 0.265. The first-order valence-electron chi connectivity index (χ1n) is 7.05. The number of likely N-dealkylation sites (N-methyl/N-ethyl adjacent to an activating group) is 1. The topological polar surface area (TPSA) is 44.8 Å². The molecule has 5 heteroatoms. The second kappa shape index (κ2) is 7.07. The fraction of sp³-hybridized carbons (Fsp3) is 0.923. The Balaban J connectivity index is 1.83. The van der Waals surface area contributed by atoms with Crippen LogP contribution in [-0.4, -0.2) is 74.7 Å². The zero-order valence-corrected chi connectivity index (χ0v) is 11.4. The highest BCUT2D eigenvalue weighted by atomic mass is 16.5. The van der Waals surface area contributed by atoms with Gasteiger partial charge in [-0.25, -0.2) is 0 Å². The van der Waals surface area contributed by atoms with Gasteiger partial charge in [-0.1, -0.05) is 6.42 Å². The number of amides is 1. The molecule has 1 amide bonds. The van der Waals surface area contributed by atoms with Crippen molar-refractivity contribution in [3.63, 3.8) is 0 Å². The van der Waals surface area contributed by atoms with Crippen molar-refractivity contribution in [1.82, 2.24) is 15.1 Å². The van der Waals surface area contributed by atoms with Crippen LogP contribution < -0.4 is 5.32 Å². The molecule has 0 saturated carbocycles. The number of carbonyl (C=O) groups is 1. The fourth-order valence-electron chi connectivity index (χ4n) is 2.82. The molecule has 2 rings (SSSR count). The predicted octanol–water partition coefficient (Wildman–Crippen LogP) is -0.0809. The maximum absolute atomic E-state index is 12.2. The van der Waals surface area contributed by atoms with Gasteiger partial charge in [0.05, 0.1) is 19.8 Å². The molecule has 0 bridgehead atoms. The third-order valence-electron chi connectivity index (χ3n) is 3.89. The molecule has 5 nitrogen and oxygen atoms in total. The van der Waals surface area contributed by atoms with Gasteiger partial charge in [0, 0.05) is 25.7 Å². The van der Waals surface area contributed by atoms with Gasteiger partial charge in [-0.05, 0) is 26.4 Å². The van der Waals surface area contributed by atoms with E-state index in [0.29, 0.717) is 25.8 Å². The van der Waals surface area contributed by atoms with Crippen LogP contribution in [0.3, 0.4) is 0 Å². The molecule has 0 radical (unpaired) electrons. The Bertz CT molecular complexity index is 265. The Kier molecular flexibility index (Phi) is 5.41. The van der Waals surface area contributed by atoms with E-state index in [0.717, 1.165) is 26.2 Å². The van der Waals surface area contributed by atoms with Crippen LogP contribution in [0.4, 0.5) is 0 Å². The normalized spacial score (nSPS) is 26.3. The van der Waals surface area contributed by atoms with Crippen LogP contribution in [-0.2, 0) is 9.53 Å². The largest absolute Gasteiger partial charge is 0.378 e. The number of nitrogens with one attached hydrogen (secondary N) is 1. The highest BCUT2D eigenvalue weighted by Crippen LogP contribution is 2.16. The lowest BCUT2D eigenvalue weighted by atomic mass is 10.0. The van der Waals surface area contributed by atoms with Gasteiger partial charge in [0.2, 0.25) is 5.91 Å². The molecule has 2 heterocycles. The number of hydrogen-bond donors (Lipinski definition) is 1. The number of rotatable bonds is 4. The van der Waals surface area contributed by atoms with Crippen molar-refractivity contribution in [2.45, 2.75) is 25.3 Å². The molecule has 0 aromatic carbocycles. The molecule has 0 aliphatic carbocycles. The maximum atomic E-state index is 12.2. The maximum Gasteiger partial charge on any atom is 0.236 e. The van der Waals surface area contributed by atoms with Crippen molar-refractivity contribution in [3.8, 4) is 0 Å². The lowest BCUT2D eigenvalue weighted by molar-refractivity contribution is -0.137. The molecule has 0 aromatic heterocycles. The quantitative estimate of drug-likeness (QED) is 0.763. The van der Waals surface area contributed by atoms with E-state index in [1.807, 2.05) is 11.9 Å². The summed E-state index contributed by atoms with van der Waals surface area (Å²) in [6, 6.07) is 0.522. The van der Waals surface area contributed by atoms with E-state index in [2.05, 4.69) is 10.2 Å². The SMILES string of the molecule is CNCC1CCCCN1CC(=O)N1CCOCC1. The van der Waals surface area contributed by atoms with Gasteiger partial charge in [-0.2, -0.15) is 0 Å². The number of hydrogen-bond acceptors (Lipinski definition) is 4. The van der Waals surface area contributed by atoms with Crippen molar-refractivity contribution in [2.24, 2.45) is 0 Å². The first-order valence-corrected chi connectivity index (χ1v) is 7.05. The van der Waals surface area contributed by atoms with Gasteiger partial charge in [0.1, 0.15) is 0 Å². The number of ether oxygens (including phenoxy) is 1. The summed E-state index contributed by atoms with van der Waals surface area (Å²) >= 11 is 0. The Morgan fingerprint density at radius 1 is 1.28 bits per heavy atom. The molecule has 1 N–H and O–H groups in total. The summed E-state index contributed by atoms with van der Waals surface area (Å²) in [7, 11) is 1.98. The van der Waals surface area contributed by atoms with Gasteiger partial charge in [0.15, 0.2) is 0 Å². The third-order valence-corrected chi connectivity index (χ3v) is 3.89. The summed E-state index contributed by atoms with van der Waals surface area (Å²) < 4.78 is 5.28. The Labute approximate surface area is 109 Å². The molecule has 0 aromatic rings. The van der Waals surface area contributed by atoms with Crippen LogP contribution in [0.1, 0.15) is 19.3 Å². The lowest BCUT2D eigenvalue weighted by Crippen LogP contribution is -2.51. The average molecular weight is 255 g/mol. The van der Waals surface area contributed by atoms with E-state index in [4.69, 9.17) is 4.74 Å². The molecule has 2 fully saturated rings. The molecule has 2 aliphatic heterocycles. The average Bonchev–Trinajstić information content (AvgIpc) is 2.42. The zero-order chi connectivity index (χ0) is 12.8. The van der Waals surface area contributed by atoms with Crippen LogP contribution in [0.25, 0.3) is 0 Å². The monoisotopic (exact) mass is 255 g/mol. The smallest absolute Gasteiger partial charge is 0.236 e. The Morgan fingerprint density at radius 3 is 2.78 bits per heavy atom. The fourth-order valence-corrected chi connectivity index (χ4v) is 2.82. The van der Waals surface area contributed by atoms with E-state index in [1.165, 1.54) is 19.3 Å². The van der Waals surface area contributed by atoms with E-state index < -0.39 is 0 Å². The summed E-state index contributed by atoms with van der Waals surface area (Å²) in [6.07, 6.45) is 3.71. The highest BCUT2D eigenvalue weighted by Gasteiger charge is 2.26. The Hall–Kier alpha value is -0.650. The molecule has 1 unspecified atom stereocenters. The molecular weight excluding hydrogens is 230 g/mol. The number of nitrogens with zero attached hydrogens (tertiary/aromatic N) is 2. The first-order chi connectivity index (χ1) is 8.81. The molecule has 2 saturated heterocycles. The summed E-state index contributed by atoms with van der Waals surface area (Å²) in [4.78, 5) is 16.5. The van der Waals surface area contributed by atoms with Crippen LogP contribution in [0.5, 0.6) is 0 Å². The summed E-state index contributed by atoms with van der Waals surface area (Å²) in [6.45, 7) is 5.50. The minimum atomic E-state index is 0.265. The second-order valence-electron chi connectivity index (χ2n) is 5.17. The van der Waals surface area contributed by atoms with Crippen LogP contribution in [0.15, 0.2) is 0 Å². The first kappa shape index (κ1) is 13.8. The van der Waals surface area contributed by atoms with Crippen molar-refractivity contribution < 1.29 is 9.53 Å². The standard InChI is InChI=1S/C13H25N3O2/c1-14-10-12-4-2-3-5-16(12)11-13(17)15-6-8-18-9-7-15/h12,14H,2-11H2,1H3. The van der Waals surface area contributed by atoms with Gasteiger partial charge in [-0.15, -0.1) is 0 Å². The molecular formula is C13H25N3O2. The predicted molar refractivity (Wildman–Crippen MR) is 70.5 cm³/mol. The van der Waals surface area contributed by atoms with E-state index in [9.17, 15) is 4.79 Å². The molecule has 104 valence electrons. The lowest BCUT2D eigenvalue weighted by Gasteiger charge is -2.37. The Morgan fingerprint density at radius 2 is 2.06 bits per heavy atom. The van der Waals surface area contributed by atoms with Crippen molar-refractivity contribution in [3.05, 3.63) is 0 Å². The highest BCUT2D eigenvalue weighted by molar-refractivity contribution is 5.78. The van der Waals surface area contributed by atoms with Crippen molar-refractivity contribution in [2.75, 3.05) is 53.0 Å². The summed E-state index contributed by atoms with van der Waals surface area (Å²) in [5.74, 6) is 0.265. The zero-order valence-electron chi connectivity index (χ0n) is 11.4. The van der Waals surface area contributed by atoms with Crippen LogP contribution in [0, 0.1) is 0 Å². The number of morpholine rings is 1. The van der Waals surface area contributed by atoms with E-state index in [-0.39, 0.29) is 5.91 Å². The van der Waals surface area contributed by atoms with Gasteiger partial charge in [0.25, 0.3) is 0 Å². The second-order valence-corrected chi connectivity index (χ2v) is 5.17. The van der Waals surface area contributed by atoms with Crippen molar-refractivity contribution >= 4 is 5.91 Å². The van der Waals surface area contributed by atoms with Crippen LogP contribution in [0.2, 0.25) is 0 Å². The van der Waals surface area contributed by atoms with Gasteiger partial charge in [-0.3, -0.25) is 9.69 Å². The summed E-state index contributed by atoms with van der Waals surface area (Å²) in [5.41, 5.74) is 0. The molecule has 18 heavy (non-hydrogen) atoms. The molecule has 1 atom stereocenters. The molecule has 0 spiro atoms. The molecule has 2 aliphatic rings. The number of piperidine rings is 1. The van der Waals surface area contributed by atoms with Crippen LogP contribution >= 0.6 is 0 Å². The van der Waals surface area contributed by atoms with Gasteiger partial charge < -0.3 is 15.0 Å². The van der Waals surface area contributed by atoms with E-state index >= 15 is 0 Å². The number of likely N-dealkylation sites (tertiary alicyclic amines) is 1. The minimum Gasteiger partial charge on any atom is -0.378 e. The third kappa shape index (κ3) is 3.67.